The van der Waals surface area contributed by atoms with Crippen LogP contribution in [0.15, 0.2) is 35.5 Å². The third-order valence-corrected chi connectivity index (χ3v) is 4.94. The summed E-state index contributed by atoms with van der Waals surface area (Å²) in [6, 6.07) is 5.10. The Balaban J connectivity index is 0.00000272. The molecule has 4 N–H and O–H groups in total. The smallest absolute Gasteiger partial charge is 0.550 e. The number of hydrogen-bond acceptors (Lipinski definition) is 8. The molecule has 1 aromatic carbocycles. The van der Waals surface area contributed by atoms with Crippen LogP contribution in [0.4, 0.5) is 5.82 Å². The fourth-order valence-electron chi connectivity index (χ4n) is 3.34. The number of carboxylic acids is 2. The molecule has 0 aliphatic carbocycles. The molecule has 162 valence electrons. The zero-order valence-corrected chi connectivity index (χ0v) is 22.5. The second-order valence-corrected chi connectivity index (χ2v) is 7.19. The number of ketones is 1. The van der Waals surface area contributed by atoms with E-state index in [0.717, 1.165) is 11.1 Å². The number of amidine groups is 1. The van der Waals surface area contributed by atoms with Crippen LogP contribution in [0, 0.1) is 0 Å². The third-order valence-electron chi connectivity index (χ3n) is 4.94. The largest absolute Gasteiger partial charge is 1.00 e. The summed E-state index contributed by atoms with van der Waals surface area (Å²) in [7, 11) is 0. The molecule has 2 aromatic rings. The first-order valence-corrected chi connectivity index (χ1v) is 9.61. The van der Waals surface area contributed by atoms with Crippen LogP contribution < -0.4 is 80.4 Å². The summed E-state index contributed by atoms with van der Waals surface area (Å²) in [4.78, 5) is 53.2. The Morgan fingerprint density at radius 2 is 1.79 bits per heavy atom. The quantitative estimate of drug-likeness (QED) is 0.304. The first-order valence-electron chi connectivity index (χ1n) is 9.61. The first kappa shape index (κ1) is 29.1. The van der Waals surface area contributed by atoms with Gasteiger partial charge < -0.3 is 35.8 Å². The normalized spacial score (nSPS) is 13.0. The van der Waals surface area contributed by atoms with Crippen molar-refractivity contribution < 1.29 is 88.5 Å². The molecule has 1 atom stereocenters. The monoisotopic (exact) mass is 470 g/mol. The molecule has 2 heterocycles. The molecule has 33 heavy (non-hydrogen) atoms. The van der Waals surface area contributed by atoms with Gasteiger partial charge in [-0.15, -0.1) is 0 Å². The number of Topliss-reactive ketones (excluding diaryl/α,β-unsaturated/α-hetero) is 1. The second kappa shape index (κ2) is 13.1. The Labute approximate surface area is 234 Å². The van der Waals surface area contributed by atoms with Crippen molar-refractivity contribution in [2.75, 3.05) is 0 Å². The number of aromatic amines is 1. The number of carboxylic acid groups (broad SMARTS) is 2. The molecule has 10 nitrogen and oxygen atoms in total. The zero-order valence-electron chi connectivity index (χ0n) is 18.5. The van der Waals surface area contributed by atoms with Gasteiger partial charge in [-0.3, -0.25) is 9.59 Å². The van der Waals surface area contributed by atoms with E-state index in [1.807, 2.05) is 0 Å². The average molecular weight is 470 g/mol. The number of amides is 1. The number of nitrogens with two attached hydrogens (primary N) is 1. The fraction of sp³-hybridized carbons (Fsp3) is 0.286. The number of nitrogens with one attached hydrogen (secondary N) is 2. The third kappa shape index (κ3) is 7.80. The van der Waals surface area contributed by atoms with Gasteiger partial charge in [0.25, 0.3) is 5.91 Å². The SMILES string of the molecule is NC1=Nc2[nH]cc(CCc3ccc(C(=O)NC(CCC(=O)[O-])C(=O)[O-])cc3)c2C(=O)C1.[Na+].[Na+]. The van der Waals surface area contributed by atoms with Gasteiger partial charge in [-0.25, -0.2) is 4.99 Å². The molecular weight excluding hydrogens is 450 g/mol. The van der Waals surface area contributed by atoms with Gasteiger partial charge in [0.15, 0.2) is 5.78 Å². The Hall–Kier alpha value is -1.95. The van der Waals surface area contributed by atoms with Gasteiger partial charge in [0.2, 0.25) is 0 Å². The summed E-state index contributed by atoms with van der Waals surface area (Å²) in [5.41, 5.74) is 8.16. The Morgan fingerprint density at radius 1 is 1.12 bits per heavy atom. The number of H-pyrrole nitrogens is 1. The van der Waals surface area contributed by atoms with Crippen molar-refractivity contribution in [2.45, 2.75) is 38.1 Å². The van der Waals surface area contributed by atoms with Crippen LogP contribution in [-0.2, 0) is 22.4 Å². The standard InChI is InChI=1S/C21H22N4O6.2Na/c22-16-9-15(26)18-13(10-23-19(18)25-16)6-3-11-1-4-12(5-2-11)20(29)24-14(21(30)31)7-8-17(27)28;;/h1-2,4-5,10,14,23H,3,6-9H2,(H2,22,25)(H,24,29)(H,27,28)(H,30,31);;/q;2*+1/p-2. The molecule has 3 rings (SSSR count). The average Bonchev–Trinajstić information content (AvgIpc) is 3.12. The number of hydrogen-bond donors (Lipinski definition) is 3. The zero-order chi connectivity index (χ0) is 22.5. The van der Waals surface area contributed by atoms with E-state index in [9.17, 15) is 29.4 Å². The van der Waals surface area contributed by atoms with Crippen LogP contribution in [-0.4, -0.2) is 40.5 Å². The van der Waals surface area contributed by atoms with Crippen LogP contribution in [0.3, 0.4) is 0 Å². The number of carbonyl (C=O) groups is 4. The van der Waals surface area contributed by atoms with E-state index in [0.29, 0.717) is 24.2 Å². The number of aryl methyl sites for hydroxylation is 2. The summed E-state index contributed by atoms with van der Waals surface area (Å²) < 4.78 is 0. The van der Waals surface area contributed by atoms with E-state index < -0.39 is 30.3 Å². The maximum Gasteiger partial charge on any atom is 1.00 e. The minimum atomic E-state index is -1.57. The summed E-state index contributed by atoms with van der Waals surface area (Å²) >= 11 is 0. The molecule has 1 aromatic heterocycles. The number of rotatable bonds is 9. The molecule has 0 saturated heterocycles. The van der Waals surface area contributed by atoms with Crippen molar-refractivity contribution in [1.82, 2.24) is 10.3 Å². The number of benzene rings is 1. The number of fused-ring (bicyclic) bond motifs is 1. The molecule has 1 aliphatic heterocycles. The molecule has 1 aliphatic rings. The molecule has 0 fully saturated rings. The fourth-order valence-corrected chi connectivity index (χ4v) is 3.34. The van der Waals surface area contributed by atoms with Gasteiger partial charge in [0, 0.05) is 17.7 Å². The molecule has 1 amide bonds. The predicted molar refractivity (Wildman–Crippen MR) is 105 cm³/mol. The number of aliphatic carboxylic acids is 2. The van der Waals surface area contributed by atoms with Gasteiger partial charge in [0.1, 0.15) is 11.7 Å². The van der Waals surface area contributed by atoms with Crippen molar-refractivity contribution in [3.05, 3.63) is 52.7 Å². The van der Waals surface area contributed by atoms with E-state index >= 15 is 0 Å². The predicted octanol–water partition coefficient (Wildman–Crippen LogP) is -7.24. The van der Waals surface area contributed by atoms with Crippen molar-refractivity contribution in [2.24, 2.45) is 10.7 Å². The summed E-state index contributed by atoms with van der Waals surface area (Å²) in [6.07, 6.45) is 2.17. The van der Waals surface area contributed by atoms with Crippen LogP contribution >= 0.6 is 0 Å². The molecular formula is C21H20N4Na2O6. The molecule has 0 bridgehead atoms. The second-order valence-electron chi connectivity index (χ2n) is 7.19. The van der Waals surface area contributed by atoms with Crippen molar-refractivity contribution in [3.8, 4) is 0 Å². The summed E-state index contributed by atoms with van der Waals surface area (Å²) in [5.74, 6) is -2.96. The van der Waals surface area contributed by atoms with Crippen molar-refractivity contribution >= 4 is 35.3 Å². The maximum atomic E-state index is 12.3. The summed E-state index contributed by atoms with van der Waals surface area (Å²) in [5, 5.41) is 23.8. The Kier molecular flexibility index (Phi) is 11.5. The van der Waals surface area contributed by atoms with Crippen molar-refractivity contribution in [1.29, 1.82) is 0 Å². The van der Waals surface area contributed by atoms with E-state index in [-0.39, 0.29) is 89.1 Å². The van der Waals surface area contributed by atoms with E-state index in [1.165, 1.54) is 0 Å². The Morgan fingerprint density at radius 3 is 2.39 bits per heavy atom. The van der Waals surface area contributed by atoms with E-state index in [2.05, 4.69) is 15.3 Å². The van der Waals surface area contributed by atoms with E-state index in [1.54, 1.807) is 30.5 Å². The Bertz CT molecular complexity index is 1070. The molecule has 0 radical (unpaired) electrons. The number of carbonyl (C=O) groups excluding carboxylic acids is 4. The molecule has 0 saturated carbocycles. The van der Waals surface area contributed by atoms with Gasteiger partial charge in [0.05, 0.1) is 24.0 Å². The van der Waals surface area contributed by atoms with E-state index in [4.69, 9.17) is 5.73 Å². The first-order chi connectivity index (χ1) is 14.7. The minimum absolute atomic E-state index is 0. The van der Waals surface area contributed by atoms with Gasteiger partial charge in [-0.2, -0.15) is 0 Å². The summed E-state index contributed by atoms with van der Waals surface area (Å²) in [6.45, 7) is 0. The van der Waals surface area contributed by atoms with Crippen LogP contribution in [0.1, 0.15) is 51.1 Å². The van der Waals surface area contributed by atoms with Crippen LogP contribution in [0.25, 0.3) is 0 Å². The number of nitrogens with zero attached hydrogens (tertiary/aromatic N) is 1. The van der Waals surface area contributed by atoms with Gasteiger partial charge >= 0.3 is 59.1 Å². The van der Waals surface area contributed by atoms with Crippen LogP contribution in [0.2, 0.25) is 0 Å². The van der Waals surface area contributed by atoms with Crippen LogP contribution in [0.5, 0.6) is 0 Å². The maximum absolute atomic E-state index is 12.3. The molecule has 12 heteroatoms. The molecule has 0 spiro atoms. The minimum Gasteiger partial charge on any atom is -0.550 e. The molecule has 1 unspecified atom stereocenters. The topological polar surface area (TPSA) is 181 Å². The number of aromatic nitrogens is 1. The van der Waals surface area contributed by atoms with Gasteiger partial charge in [-0.1, -0.05) is 12.1 Å². The van der Waals surface area contributed by atoms with Gasteiger partial charge in [-0.05, 0) is 48.9 Å². The van der Waals surface area contributed by atoms with Crippen molar-refractivity contribution in [3.63, 3.8) is 0 Å². The number of aliphatic imine (C=N–C) groups is 1.